The number of rotatable bonds is 6. The quantitative estimate of drug-likeness (QED) is 0.889. The van der Waals surface area contributed by atoms with Crippen LogP contribution >= 0.6 is 11.3 Å². The summed E-state index contributed by atoms with van der Waals surface area (Å²) in [4.78, 5) is 4.65. The molecule has 1 unspecified atom stereocenters. The molecule has 4 nitrogen and oxygen atoms in total. The lowest BCUT2D eigenvalue weighted by Gasteiger charge is -2.18. The van der Waals surface area contributed by atoms with Crippen LogP contribution in [0.3, 0.4) is 0 Å². The molecular weight excluding hydrogens is 284 g/mol. The molecule has 1 atom stereocenters. The Hall–Kier alpha value is -1.59. The molecule has 0 spiro atoms. The molecule has 3 rings (SSSR count). The number of thiazole rings is 1. The minimum absolute atomic E-state index is 0.121. The molecule has 1 aromatic carbocycles. The van der Waals surface area contributed by atoms with Crippen molar-refractivity contribution < 1.29 is 9.47 Å². The molecule has 0 amide bonds. The molecule has 1 fully saturated rings. The largest absolute Gasteiger partial charge is 0.493 e. The first-order chi connectivity index (χ1) is 10.2. The Morgan fingerprint density at radius 2 is 2.00 bits per heavy atom. The standard InChI is InChI=1S/C16H20N2O2S/c1-10-9-21-16(17-10)15(18-12-5-6-12)11-4-7-13(19-2)14(8-11)20-3/h4,7-9,12,15,18H,5-6H2,1-3H3. The topological polar surface area (TPSA) is 43.4 Å². The Bertz CT molecular complexity index is 622. The van der Waals surface area contributed by atoms with Crippen LogP contribution in [-0.2, 0) is 0 Å². The predicted molar refractivity (Wildman–Crippen MR) is 84.4 cm³/mol. The lowest BCUT2D eigenvalue weighted by Crippen LogP contribution is -2.24. The minimum atomic E-state index is 0.121. The summed E-state index contributed by atoms with van der Waals surface area (Å²) in [6, 6.07) is 6.80. The number of benzene rings is 1. The van der Waals surface area contributed by atoms with Gasteiger partial charge in [-0.15, -0.1) is 11.3 Å². The minimum Gasteiger partial charge on any atom is -0.493 e. The maximum Gasteiger partial charge on any atom is 0.161 e. The lowest BCUT2D eigenvalue weighted by molar-refractivity contribution is 0.354. The van der Waals surface area contributed by atoms with Crippen molar-refractivity contribution in [1.29, 1.82) is 0 Å². The van der Waals surface area contributed by atoms with Gasteiger partial charge in [0.1, 0.15) is 5.01 Å². The fourth-order valence-corrected chi connectivity index (χ4v) is 3.21. The van der Waals surface area contributed by atoms with Gasteiger partial charge >= 0.3 is 0 Å². The van der Waals surface area contributed by atoms with E-state index in [1.807, 2.05) is 19.1 Å². The van der Waals surface area contributed by atoms with Crippen LogP contribution < -0.4 is 14.8 Å². The molecule has 0 saturated heterocycles. The van der Waals surface area contributed by atoms with E-state index in [1.54, 1.807) is 25.6 Å². The summed E-state index contributed by atoms with van der Waals surface area (Å²) < 4.78 is 10.7. The van der Waals surface area contributed by atoms with Crippen LogP contribution in [0.5, 0.6) is 11.5 Å². The molecule has 1 aliphatic rings. The van der Waals surface area contributed by atoms with Gasteiger partial charge in [0.25, 0.3) is 0 Å². The van der Waals surface area contributed by atoms with Crippen LogP contribution in [0.1, 0.15) is 35.1 Å². The van der Waals surface area contributed by atoms with Crippen LogP contribution in [0.4, 0.5) is 0 Å². The first-order valence-corrected chi connectivity index (χ1v) is 7.99. The predicted octanol–water partition coefficient (Wildman–Crippen LogP) is 3.31. The van der Waals surface area contributed by atoms with Gasteiger partial charge in [-0.05, 0) is 37.5 Å². The van der Waals surface area contributed by atoms with Gasteiger partial charge in [0.2, 0.25) is 0 Å². The van der Waals surface area contributed by atoms with Crippen molar-refractivity contribution in [2.75, 3.05) is 14.2 Å². The SMILES string of the molecule is COc1ccc(C(NC2CC2)c2nc(C)cs2)cc1OC. The maximum absolute atomic E-state index is 5.42. The molecule has 21 heavy (non-hydrogen) atoms. The van der Waals surface area contributed by atoms with Crippen molar-refractivity contribution in [2.24, 2.45) is 0 Å². The number of ether oxygens (including phenoxy) is 2. The first kappa shape index (κ1) is 14.4. The van der Waals surface area contributed by atoms with Gasteiger partial charge in [-0.2, -0.15) is 0 Å². The molecule has 0 bridgehead atoms. The van der Waals surface area contributed by atoms with Gasteiger partial charge in [0.15, 0.2) is 11.5 Å². The Labute approximate surface area is 129 Å². The molecule has 1 aromatic heterocycles. The molecule has 1 N–H and O–H groups in total. The van der Waals surface area contributed by atoms with E-state index in [4.69, 9.17) is 9.47 Å². The van der Waals surface area contributed by atoms with Gasteiger partial charge in [0.05, 0.1) is 20.3 Å². The smallest absolute Gasteiger partial charge is 0.161 e. The van der Waals surface area contributed by atoms with Crippen molar-refractivity contribution in [1.82, 2.24) is 10.3 Å². The molecule has 0 radical (unpaired) electrons. The fraction of sp³-hybridized carbons (Fsp3) is 0.438. The normalized spacial score (nSPS) is 15.8. The maximum atomic E-state index is 5.42. The molecule has 1 aliphatic carbocycles. The number of methoxy groups -OCH3 is 2. The van der Waals surface area contributed by atoms with E-state index in [-0.39, 0.29) is 6.04 Å². The van der Waals surface area contributed by atoms with Gasteiger partial charge in [0, 0.05) is 17.1 Å². The highest BCUT2D eigenvalue weighted by Gasteiger charge is 2.28. The van der Waals surface area contributed by atoms with Crippen molar-refractivity contribution in [2.45, 2.75) is 31.8 Å². The van der Waals surface area contributed by atoms with E-state index in [0.717, 1.165) is 27.8 Å². The van der Waals surface area contributed by atoms with E-state index in [0.29, 0.717) is 6.04 Å². The summed E-state index contributed by atoms with van der Waals surface area (Å²) >= 11 is 1.70. The Balaban J connectivity index is 1.95. The van der Waals surface area contributed by atoms with E-state index in [9.17, 15) is 0 Å². The third-order valence-corrected chi connectivity index (χ3v) is 4.63. The molecule has 1 saturated carbocycles. The summed E-state index contributed by atoms with van der Waals surface area (Å²) in [7, 11) is 3.32. The highest BCUT2D eigenvalue weighted by molar-refractivity contribution is 7.09. The highest BCUT2D eigenvalue weighted by Crippen LogP contribution is 2.35. The summed E-state index contributed by atoms with van der Waals surface area (Å²) in [6.45, 7) is 2.03. The van der Waals surface area contributed by atoms with Gasteiger partial charge in [-0.25, -0.2) is 4.98 Å². The molecule has 5 heteroatoms. The lowest BCUT2D eigenvalue weighted by atomic mass is 10.1. The number of hydrogen-bond acceptors (Lipinski definition) is 5. The van der Waals surface area contributed by atoms with E-state index in [2.05, 4.69) is 21.7 Å². The van der Waals surface area contributed by atoms with E-state index < -0.39 is 0 Å². The van der Waals surface area contributed by atoms with Crippen LogP contribution in [0.15, 0.2) is 23.6 Å². The third kappa shape index (κ3) is 3.19. The first-order valence-electron chi connectivity index (χ1n) is 7.11. The van der Waals surface area contributed by atoms with Crippen LogP contribution in [0.25, 0.3) is 0 Å². The second-order valence-corrected chi connectivity index (χ2v) is 6.21. The molecule has 0 aliphatic heterocycles. The summed E-state index contributed by atoms with van der Waals surface area (Å²) in [6.07, 6.45) is 2.49. The fourth-order valence-electron chi connectivity index (χ4n) is 2.33. The number of nitrogens with zero attached hydrogens (tertiary/aromatic N) is 1. The second-order valence-electron chi connectivity index (χ2n) is 5.32. The van der Waals surface area contributed by atoms with Gasteiger partial charge in [-0.3, -0.25) is 0 Å². The number of hydrogen-bond donors (Lipinski definition) is 1. The molecule has 2 aromatic rings. The number of aryl methyl sites for hydroxylation is 1. The zero-order valence-electron chi connectivity index (χ0n) is 12.6. The van der Waals surface area contributed by atoms with Crippen LogP contribution in [-0.4, -0.2) is 25.2 Å². The van der Waals surface area contributed by atoms with Crippen molar-refractivity contribution >= 4 is 11.3 Å². The Morgan fingerprint density at radius 3 is 2.57 bits per heavy atom. The molecule has 1 heterocycles. The average molecular weight is 304 g/mol. The Kier molecular flexibility index (Phi) is 4.12. The molecule has 112 valence electrons. The Morgan fingerprint density at radius 1 is 1.24 bits per heavy atom. The second kappa shape index (κ2) is 6.03. The average Bonchev–Trinajstić information content (AvgIpc) is 3.24. The molecular formula is C16H20N2O2S. The summed E-state index contributed by atoms with van der Waals surface area (Å²) in [5.74, 6) is 1.51. The summed E-state index contributed by atoms with van der Waals surface area (Å²) in [5, 5.41) is 6.88. The number of nitrogens with one attached hydrogen (secondary N) is 1. The number of aromatic nitrogens is 1. The van der Waals surface area contributed by atoms with Crippen LogP contribution in [0, 0.1) is 6.92 Å². The van der Waals surface area contributed by atoms with Gasteiger partial charge in [-0.1, -0.05) is 6.07 Å². The van der Waals surface area contributed by atoms with E-state index in [1.165, 1.54) is 12.8 Å². The monoisotopic (exact) mass is 304 g/mol. The van der Waals surface area contributed by atoms with Gasteiger partial charge < -0.3 is 14.8 Å². The van der Waals surface area contributed by atoms with Crippen molar-refractivity contribution in [3.63, 3.8) is 0 Å². The zero-order valence-corrected chi connectivity index (χ0v) is 13.4. The third-order valence-electron chi connectivity index (χ3n) is 3.60. The van der Waals surface area contributed by atoms with Crippen LogP contribution in [0.2, 0.25) is 0 Å². The van der Waals surface area contributed by atoms with E-state index >= 15 is 0 Å². The van der Waals surface area contributed by atoms with Crippen molar-refractivity contribution in [3.05, 3.63) is 39.8 Å². The van der Waals surface area contributed by atoms with Crippen molar-refractivity contribution in [3.8, 4) is 11.5 Å². The summed E-state index contributed by atoms with van der Waals surface area (Å²) in [5.41, 5.74) is 2.23. The highest BCUT2D eigenvalue weighted by atomic mass is 32.1. The zero-order chi connectivity index (χ0) is 14.8.